The van der Waals surface area contributed by atoms with Gasteiger partial charge in [0.1, 0.15) is 0 Å². The minimum absolute atomic E-state index is 0.162. The number of amides is 2. The predicted molar refractivity (Wildman–Crippen MR) is 72.6 cm³/mol. The van der Waals surface area contributed by atoms with Crippen LogP contribution in [0.1, 0.15) is 12.8 Å². The van der Waals surface area contributed by atoms with Gasteiger partial charge in [0.15, 0.2) is 0 Å². The lowest BCUT2D eigenvalue weighted by Gasteiger charge is -2.36. The van der Waals surface area contributed by atoms with Crippen LogP contribution in [0.15, 0.2) is 0 Å². The Morgan fingerprint density at radius 3 is 2.35 bits per heavy atom. The number of rotatable bonds is 3. The molecule has 2 aliphatic heterocycles. The Balaban J connectivity index is 1.86. The monoisotopic (exact) mass is 285 g/mol. The fourth-order valence-corrected chi connectivity index (χ4v) is 2.59. The number of hydrogen-bond acceptors (Lipinski definition) is 4. The molecule has 20 heavy (non-hydrogen) atoms. The normalized spacial score (nSPS) is 23.4. The van der Waals surface area contributed by atoms with Gasteiger partial charge in [-0.25, -0.2) is 4.79 Å². The number of carbonyl (C=O) groups excluding carboxylic acids is 1. The van der Waals surface area contributed by atoms with Gasteiger partial charge in [-0.3, -0.25) is 4.79 Å². The van der Waals surface area contributed by atoms with Crippen LogP contribution in [0.3, 0.4) is 0 Å². The summed E-state index contributed by atoms with van der Waals surface area (Å²) in [7, 11) is 2.02. The first kappa shape index (κ1) is 15.1. The second-order valence-electron chi connectivity index (χ2n) is 5.65. The topological polar surface area (TPSA) is 82.1 Å². The highest BCUT2D eigenvalue weighted by molar-refractivity contribution is 5.78. The van der Waals surface area contributed by atoms with Gasteiger partial charge < -0.3 is 25.0 Å². The van der Waals surface area contributed by atoms with Crippen molar-refractivity contribution in [3.8, 4) is 0 Å². The molecule has 0 saturated carbocycles. The average molecular weight is 285 g/mol. The van der Waals surface area contributed by atoms with E-state index in [-0.39, 0.29) is 12.6 Å². The van der Waals surface area contributed by atoms with Crippen molar-refractivity contribution in [2.24, 2.45) is 5.41 Å². The molecule has 2 saturated heterocycles. The van der Waals surface area contributed by atoms with E-state index >= 15 is 0 Å². The van der Waals surface area contributed by atoms with Crippen molar-refractivity contribution < 1.29 is 19.4 Å². The highest BCUT2D eigenvalue weighted by atomic mass is 16.5. The second kappa shape index (κ2) is 6.41. The smallest absolute Gasteiger partial charge is 0.317 e. The summed E-state index contributed by atoms with van der Waals surface area (Å²) in [6.45, 7) is 4.14. The lowest BCUT2D eigenvalue weighted by Crippen LogP contribution is -2.54. The molecule has 2 heterocycles. The van der Waals surface area contributed by atoms with E-state index in [9.17, 15) is 14.7 Å². The Bertz CT molecular complexity index is 361. The summed E-state index contributed by atoms with van der Waals surface area (Å²) in [5, 5.41) is 12.2. The molecule has 2 rings (SSSR count). The van der Waals surface area contributed by atoms with E-state index in [1.165, 1.54) is 0 Å². The van der Waals surface area contributed by atoms with Crippen LogP contribution in [-0.2, 0) is 9.53 Å². The number of aliphatic carboxylic acids is 1. The summed E-state index contributed by atoms with van der Waals surface area (Å²) in [5.74, 6) is -0.848. The first-order valence-corrected chi connectivity index (χ1v) is 7.06. The average Bonchev–Trinajstić information content (AvgIpc) is 2.46. The number of nitrogens with one attached hydrogen (secondary N) is 1. The van der Waals surface area contributed by atoms with Gasteiger partial charge in [-0.05, 0) is 19.9 Å². The number of hydrogen-bond donors (Lipinski definition) is 2. The van der Waals surface area contributed by atoms with Crippen LogP contribution >= 0.6 is 0 Å². The molecule has 0 bridgehead atoms. The molecule has 2 aliphatic rings. The molecule has 0 aromatic rings. The maximum Gasteiger partial charge on any atom is 0.317 e. The molecule has 7 nitrogen and oxygen atoms in total. The van der Waals surface area contributed by atoms with Crippen LogP contribution in [0.5, 0.6) is 0 Å². The largest absolute Gasteiger partial charge is 0.481 e. The van der Waals surface area contributed by atoms with Crippen molar-refractivity contribution in [1.29, 1.82) is 0 Å². The molecule has 0 unspecified atom stereocenters. The van der Waals surface area contributed by atoms with Crippen molar-refractivity contribution in [3.05, 3.63) is 0 Å². The molecular formula is C13H23N3O4. The molecule has 2 amide bonds. The molecule has 7 heteroatoms. The lowest BCUT2D eigenvalue weighted by molar-refractivity contribution is -0.154. The molecule has 0 aromatic heterocycles. The molecule has 2 N–H and O–H groups in total. The number of carboxylic acid groups (broad SMARTS) is 1. The number of piperazine rings is 1. The van der Waals surface area contributed by atoms with Gasteiger partial charge in [-0.1, -0.05) is 0 Å². The SMILES string of the molecule is CN1CCN(C(=O)NCC2(C(=O)O)CCOCC2)CC1. The number of nitrogens with zero attached hydrogens (tertiary/aromatic N) is 2. The maximum atomic E-state index is 12.1. The standard InChI is InChI=1S/C13H23N3O4/c1-15-4-6-16(7-5-15)12(19)14-10-13(11(17)18)2-8-20-9-3-13/h2-10H2,1H3,(H,14,19)(H,17,18). The Labute approximate surface area is 118 Å². The molecule has 2 fully saturated rings. The first-order chi connectivity index (χ1) is 9.53. The van der Waals surface area contributed by atoms with Crippen molar-refractivity contribution in [2.45, 2.75) is 12.8 Å². The van der Waals surface area contributed by atoms with E-state index in [1.54, 1.807) is 4.90 Å². The summed E-state index contributed by atoms with van der Waals surface area (Å²) < 4.78 is 5.22. The van der Waals surface area contributed by atoms with Gasteiger partial charge >= 0.3 is 12.0 Å². The van der Waals surface area contributed by atoms with Crippen molar-refractivity contribution in [2.75, 3.05) is 53.0 Å². The zero-order valence-corrected chi connectivity index (χ0v) is 11.9. The summed E-state index contributed by atoms with van der Waals surface area (Å²) in [5.41, 5.74) is -0.875. The van der Waals surface area contributed by atoms with Crippen LogP contribution in [-0.4, -0.2) is 79.9 Å². The third-order valence-corrected chi connectivity index (χ3v) is 4.27. The van der Waals surface area contributed by atoms with Gasteiger partial charge in [0.2, 0.25) is 0 Å². The van der Waals surface area contributed by atoms with E-state index < -0.39 is 11.4 Å². The van der Waals surface area contributed by atoms with Crippen LogP contribution in [0.25, 0.3) is 0 Å². The van der Waals surface area contributed by atoms with E-state index in [4.69, 9.17) is 4.74 Å². The maximum absolute atomic E-state index is 12.1. The molecule has 0 atom stereocenters. The molecule has 114 valence electrons. The van der Waals surface area contributed by atoms with Crippen LogP contribution < -0.4 is 5.32 Å². The van der Waals surface area contributed by atoms with Crippen molar-refractivity contribution in [1.82, 2.24) is 15.1 Å². The Kier molecular flexibility index (Phi) is 4.82. The van der Waals surface area contributed by atoms with E-state index in [1.807, 2.05) is 7.05 Å². The van der Waals surface area contributed by atoms with Gasteiger partial charge in [-0.2, -0.15) is 0 Å². The van der Waals surface area contributed by atoms with Crippen LogP contribution in [0.2, 0.25) is 0 Å². The zero-order valence-electron chi connectivity index (χ0n) is 11.9. The number of carboxylic acids is 1. The van der Waals surface area contributed by atoms with E-state index in [2.05, 4.69) is 10.2 Å². The Morgan fingerprint density at radius 1 is 1.20 bits per heavy atom. The minimum atomic E-state index is -0.875. The van der Waals surface area contributed by atoms with E-state index in [0.29, 0.717) is 39.1 Å². The van der Waals surface area contributed by atoms with Crippen molar-refractivity contribution in [3.63, 3.8) is 0 Å². The lowest BCUT2D eigenvalue weighted by atomic mass is 9.80. The van der Waals surface area contributed by atoms with Gasteiger partial charge in [0.25, 0.3) is 0 Å². The van der Waals surface area contributed by atoms with Crippen LogP contribution in [0, 0.1) is 5.41 Å². The Hall–Kier alpha value is -1.34. The van der Waals surface area contributed by atoms with Gasteiger partial charge in [0, 0.05) is 45.9 Å². The number of likely N-dealkylation sites (N-methyl/N-ethyl adjacent to an activating group) is 1. The second-order valence-corrected chi connectivity index (χ2v) is 5.65. The fraction of sp³-hybridized carbons (Fsp3) is 0.846. The number of ether oxygens (including phenoxy) is 1. The molecule has 0 radical (unpaired) electrons. The number of urea groups is 1. The third kappa shape index (κ3) is 3.40. The summed E-state index contributed by atoms with van der Waals surface area (Å²) >= 11 is 0. The highest BCUT2D eigenvalue weighted by Gasteiger charge is 2.40. The minimum Gasteiger partial charge on any atom is -0.481 e. The molecule has 0 aliphatic carbocycles. The summed E-state index contributed by atoms with van der Waals surface area (Å²) in [6.07, 6.45) is 0.900. The molecular weight excluding hydrogens is 262 g/mol. The third-order valence-electron chi connectivity index (χ3n) is 4.27. The fourth-order valence-electron chi connectivity index (χ4n) is 2.59. The Morgan fingerprint density at radius 2 is 1.80 bits per heavy atom. The van der Waals surface area contributed by atoms with E-state index in [0.717, 1.165) is 13.1 Å². The first-order valence-electron chi connectivity index (χ1n) is 7.06. The quantitative estimate of drug-likeness (QED) is 0.752. The molecule has 0 spiro atoms. The molecule has 0 aromatic carbocycles. The highest BCUT2D eigenvalue weighted by Crippen LogP contribution is 2.30. The number of carbonyl (C=O) groups is 2. The van der Waals surface area contributed by atoms with Gasteiger partial charge in [0.05, 0.1) is 5.41 Å². The van der Waals surface area contributed by atoms with Crippen molar-refractivity contribution >= 4 is 12.0 Å². The summed E-state index contributed by atoms with van der Waals surface area (Å²) in [6, 6.07) is -0.162. The van der Waals surface area contributed by atoms with Gasteiger partial charge in [-0.15, -0.1) is 0 Å². The predicted octanol–water partition coefficient (Wildman–Crippen LogP) is -0.175. The van der Waals surface area contributed by atoms with Crippen LogP contribution in [0.4, 0.5) is 4.79 Å². The zero-order chi connectivity index (χ0) is 14.6. The summed E-state index contributed by atoms with van der Waals surface area (Å²) in [4.78, 5) is 27.5.